The lowest BCUT2D eigenvalue weighted by Crippen LogP contribution is -2.52. The minimum Gasteiger partial charge on any atom is -0.377 e. The van der Waals surface area contributed by atoms with Crippen LogP contribution in [0.5, 0.6) is 0 Å². The third-order valence-electron chi connectivity index (χ3n) is 5.43. The van der Waals surface area contributed by atoms with Gasteiger partial charge in [-0.3, -0.25) is 14.4 Å². The molecule has 4 rings (SSSR count). The molecule has 3 aliphatic rings. The first kappa shape index (κ1) is 15.1. The number of rotatable bonds is 5. The van der Waals surface area contributed by atoms with E-state index in [1.54, 1.807) is 0 Å². The van der Waals surface area contributed by atoms with Crippen molar-refractivity contribution in [3.8, 4) is 0 Å². The van der Waals surface area contributed by atoms with Crippen LogP contribution in [0.1, 0.15) is 24.8 Å². The van der Waals surface area contributed by atoms with Crippen LogP contribution in [0.3, 0.4) is 0 Å². The minimum absolute atomic E-state index is 0.0617. The second kappa shape index (κ2) is 6.24. The molecule has 6 heteroatoms. The molecule has 3 atom stereocenters. The first-order chi connectivity index (χ1) is 11.2. The Hall–Kier alpha value is -1.40. The molecule has 23 heavy (non-hydrogen) atoms. The van der Waals surface area contributed by atoms with E-state index in [0.717, 1.165) is 45.1 Å². The summed E-state index contributed by atoms with van der Waals surface area (Å²) in [4.78, 5) is 15.0. The van der Waals surface area contributed by atoms with Crippen LogP contribution in [0.4, 0.5) is 0 Å². The molecule has 1 amide bonds. The van der Waals surface area contributed by atoms with Crippen molar-refractivity contribution in [2.24, 2.45) is 24.8 Å². The Bertz CT molecular complexity index is 569. The molecule has 6 nitrogen and oxygen atoms in total. The highest BCUT2D eigenvalue weighted by molar-refractivity contribution is 5.79. The van der Waals surface area contributed by atoms with Crippen LogP contribution in [-0.4, -0.2) is 52.9 Å². The highest BCUT2D eigenvalue weighted by Crippen LogP contribution is 2.35. The molecule has 0 spiro atoms. The topological polar surface area (TPSA) is 59.4 Å². The molecule has 2 aliphatic heterocycles. The van der Waals surface area contributed by atoms with Gasteiger partial charge < -0.3 is 10.1 Å². The number of amides is 1. The van der Waals surface area contributed by atoms with Crippen molar-refractivity contribution in [1.29, 1.82) is 0 Å². The summed E-state index contributed by atoms with van der Waals surface area (Å²) in [5.41, 5.74) is 1.20. The maximum Gasteiger partial charge on any atom is 0.224 e. The Morgan fingerprint density at radius 2 is 2.26 bits per heavy atom. The zero-order valence-corrected chi connectivity index (χ0v) is 13.8. The van der Waals surface area contributed by atoms with Crippen LogP contribution >= 0.6 is 0 Å². The maximum atomic E-state index is 12.7. The van der Waals surface area contributed by atoms with E-state index in [-0.39, 0.29) is 17.9 Å². The monoisotopic (exact) mass is 318 g/mol. The molecule has 1 saturated carbocycles. The largest absolute Gasteiger partial charge is 0.377 e. The highest BCUT2D eigenvalue weighted by Gasteiger charge is 2.44. The van der Waals surface area contributed by atoms with Gasteiger partial charge in [0.15, 0.2) is 0 Å². The number of carbonyl (C=O) groups excluding carboxylic acids is 1. The van der Waals surface area contributed by atoms with Gasteiger partial charge in [0.2, 0.25) is 5.91 Å². The second-order valence-corrected chi connectivity index (χ2v) is 7.37. The number of nitrogens with one attached hydrogen (secondary N) is 1. The van der Waals surface area contributed by atoms with Crippen LogP contribution in [0.25, 0.3) is 0 Å². The van der Waals surface area contributed by atoms with Crippen LogP contribution in [0.15, 0.2) is 12.4 Å². The van der Waals surface area contributed by atoms with Crippen LogP contribution in [0, 0.1) is 17.8 Å². The molecule has 0 aromatic carbocycles. The highest BCUT2D eigenvalue weighted by atomic mass is 16.5. The number of aryl methyl sites for hydroxylation is 1. The Balaban J connectivity index is 1.41. The fourth-order valence-corrected chi connectivity index (χ4v) is 3.97. The predicted octanol–water partition coefficient (Wildman–Crippen LogP) is 0.783. The molecule has 2 saturated heterocycles. The second-order valence-electron chi connectivity index (χ2n) is 7.37. The van der Waals surface area contributed by atoms with E-state index in [1.807, 2.05) is 24.1 Å². The van der Waals surface area contributed by atoms with Gasteiger partial charge in [-0.1, -0.05) is 0 Å². The van der Waals surface area contributed by atoms with Crippen LogP contribution < -0.4 is 5.32 Å². The molecule has 126 valence electrons. The van der Waals surface area contributed by atoms with Gasteiger partial charge >= 0.3 is 0 Å². The van der Waals surface area contributed by atoms with E-state index >= 15 is 0 Å². The standard InChI is InChI=1S/C17H26N4O2/c1-20-8-13(7-19-20)9-21-10-15(14-4-5-23-16(14)11-21)17(22)18-6-12-2-3-12/h7-8,12,14-16H,2-6,9-11H2,1H3,(H,18,22)/t14-,15+,16+/m0/s1. The van der Waals surface area contributed by atoms with Crippen molar-refractivity contribution in [1.82, 2.24) is 20.0 Å². The lowest BCUT2D eigenvalue weighted by atomic mass is 9.82. The number of likely N-dealkylation sites (tertiary alicyclic amines) is 1. The SMILES string of the molecule is Cn1cc(CN2C[C@H]3OCC[C@H]3[C@H](C(=O)NCC3CC3)C2)cn1. The van der Waals surface area contributed by atoms with Crippen molar-refractivity contribution in [2.45, 2.75) is 31.9 Å². The van der Waals surface area contributed by atoms with E-state index in [1.165, 1.54) is 18.4 Å². The number of hydrogen-bond donors (Lipinski definition) is 1. The average molecular weight is 318 g/mol. The smallest absolute Gasteiger partial charge is 0.224 e. The fraction of sp³-hybridized carbons (Fsp3) is 0.765. The number of ether oxygens (including phenoxy) is 1. The lowest BCUT2D eigenvalue weighted by molar-refractivity contribution is -0.131. The number of nitrogens with zero attached hydrogens (tertiary/aromatic N) is 3. The van der Waals surface area contributed by atoms with Crippen molar-refractivity contribution >= 4 is 5.91 Å². The van der Waals surface area contributed by atoms with Crippen molar-refractivity contribution < 1.29 is 9.53 Å². The predicted molar refractivity (Wildman–Crippen MR) is 85.6 cm³/mol. The molecule has 0 unspecified atom stereocenters. The van der Waals surface area contributed by atoms with Gasteiger partial charge in [0, 0.05) is 57.5 Å². The fourth-order valence-electron chi connectivity index (χ4n) is 3.97. The van der Waals surface area contributed by atoms with Crippen molar-refractivity contribution in [3.63, 3.8) is 0 Å². The Morgan fingerprint density at radius 3 is 3.00 bits per heavy atom. The first-order valence-corrected chi connectivity index (χ1v) is 8.78. The molecule has 1 aromatic rings. The summed E-state index contributed by atoms with van der Waals surface area (Å²) in [6.07, 6.45) is 7.72. The van der Waals surface area contributed by atoms with Crippen LogP contribution in [0.2, 0.25) is 0 Å². The maximum absolute atomic E-state index is 12.7. The lowest BCUT2D eigenvalue weighted by Gasteiger charge is -2.39. The normalized spacial score (nSPS) is 31.1. The molecule has 0 bridgehead atoms. The number of carbonyl (C=O) groups is 1. The van der Waals surface area contributed by atoms with E-state index in [9.17, 15) is 4.79 Å². The van der Waals surface area contributed by atoms with E-state index < -0.39 is 0 Å². The third kappa shape index (κ3) is 3.43. The van der Waals surface area contributed by atoms with E-state index in [4.69, 9.17) is 4.74 Å². The molecule has 1 aliphatic carbocycles. The summed E-state index contributed by atoms with van der Waals surface area (Å²) in [5.74, 6) is 1.41. The molecular formula is C17H26N4O2. The zero-order chi connectivity index (χ0) is 15.8. The van der Waals surface area contributed by atoms with Gasteiger partial charge in [0.05, 0.1) is 18.2 Å². The van der Waals surface area contributed by atoms with E-state index in [0.29, 0.717) is 5.92 Å². The van der Waals surface area contributed by atoms with E-state index in [2.05, 4.69) is 15.3 Å². The van der Waals surface area contributed by atoms with Crippen molar-refractivity contribution in [3.05, 3.63) is 18.0 Å². The molecule has 1 aromatic heterocycles. The Morgan fingerprint density at radius 1 is 1.39 bits per heavy atom. The molecular weight excluding hydrogens is 292 g/mol. The first-order valence-electron chi connectivity index (χ1n) is 8.78. The quantitative estimate of drug-likeness (QED) is 0.872. The minimum atomic E-state index is 0.0617. The van der Waals surface area contributed by atoms with Crippen molar-refractivity contribution in [2.75, 3.05) is 26.2 Å². The van der Waals surface area contributed by atoms with Gasteiger partial charge in [0.25, 0.3) is 0 Å². The number of aromatic nitrogens is 2. The molecule has 1 N–H and O–H groups in total. The summed E-state index contributed by atoms with van der Waals surface area (Å²) < 4.78 is 7.73. The summed E-state index contributed by atoms with van der Waals surface area (Å²) in [5, 5.41) is 7.42. The Kier molecular flexibility index (Phi) is 4.11. The summed E-state index contributed by atoms with van der Waals surface area (Å²) >= 11 is 0. The van der Waals surface area contributed by atoms with Gasteiger partial charge in [-0.15, -0.1) is 0 Å². The molecule has 0 radical (unpaired) electrons. The summed E-state index contributed by atoms with van der Waals surface area (Å²) in [6.45, 7) is 4.24. The summed E-state index contributed by atoms with van der Waals surface area (Å²) in [6, 6.07) is 0. The zero-order valence-electron chi connectivity index (χ0n) is 13.8. The molecule has 3 heterocycles. The molecule has 3 fully saturated rings. The van der Waals surface area contributed by atoms with Gasteiger partial charge in [-0.05, 0) is 25.2 Å². The Labute approximate surface area is 137 Å². The van der Waals surface area contributed by atoms with Gasteiger partial charge in [0.1, 0.15) is 0 Å². The van der Waals surface area contributed by atoms with Crippen LogP contribution in [-0.2, 0) is 23.1 Å². The number of fused-ring (bicyclic) bond motifs is 1. The number of piperidine rings is 1. The number of hydrogen-bond acceptors (Lipinski definition) is 4. The summed E-state index contributed by atoms with van der Waals surface area (Å²) in [7, 11) is 1.93. The average Bonchev–Trinajstić information content (AvgIpc) is 3.10. The van der Waals surface area contributed by atoms with Gasteiger partial charge in [-0.2, -0.15) is 5.10 Å². The third-order valence-corrected chi connectivity index (χ3v) is 5.43. The van der Waals surface area contributed by atoms with Gasteiger partial charge in [-0.25, -0.2) is 0 Å².